The Hall–Kier alpha value is -2.29. The minimum atomic E-state index is -0.0820. The molecule has 1 unspecified atom stereocenters. The summed E-state index contributed by atoms with van der Waals surface area (Å²) in [6, 6.07) is 14.1. The van der Waals surface area contributed by atoms with E-state index in [0.717, 1.165) is 41.0 Å². The number of nitrogens with one attached hydrogen (secondary N) is 2. The maximum absolute atomic E-state index is 12.7. The van der Waals surface area contributed by atoms with Crippen molar-refractivity contribution in [1.82, 2.24) is 0 Å². The van der Waals surface area contributed by atoms with Crippen molar-refractivity contribution >= 4 is 17.3 Å². The third-order valence-corrected chi connectivity index (χ3v) is 4.13. The molecule has 0 spiro atoms. The van der Waals surface area contributed by atoms with Crippen LogP contribution >= 0.6 is 0 Å². The van der Waals surface area contributed by atoms with Gasteiger partial charge in [0.25, 0.3) is 0 Å². The highest BCUT2D eigenvalue weighted by atomic mass is 16.1. The second-order valence-electron chi connectivity index (χ2n) is 5.61. The van der Waals surface area contributed by atoms with Gasteiger partial charge in [0, 0.05) is 17.9 Å². The third kappa shape index (κ3) is 2.64. The Morgan fingerprint density at radius 3 is 2.57 bits per heavy atom. The van der Waals surface area contributed by atoms with Crippen molar-refractivity contribution in [3.05, 3.63) is 59.2 Å². The molecule has 3 rings (SSSR count). The number of hydrogen-bond donors (Lipinski definition) is 2. The van der Waals surface area contributed by atoms with Gasteiger partial charge in [-0.25, -0.2) is 0 Å². The summed E-state index contributed by atoms with van der Waals surface area (Å²) in [6.07, 6.45) is 0.827. The number of carbonyl (C=O) groups excluding carboxylic acids is 1. The molecule has 1 aliphatic rings. The van der Waals surface area contributed by atoms with Crippen LogP contribution in [0.4, 0.5) is 11.4 Å². The summed E-state index contributed by atoms with van der Waals surface area (Å²) in [5.74, 6) is 0.00260. The minimum Gasteiger partial charge on any atom is -0.385 e. The van der Waals surface area contributed by atoms with Gasteiger partial charge >= 0.3 is 0 Å². The first-order chi connectivity index (χ1) is 10.2. The maximum atomic E-state index is 12.7. The van der Waals surface area contributed by atoms with Crippen LogP contribution in [-0.4, -0.2) is 12.5 Å². The predicted molar refractivity (Wildman–Crippen MR) is 86.8 cm³/mol. The van der Waals surface area contributed by atoms with Gasteiger partial charge in [0.05, 0.1) is 5.92 Å². The number of rotatable bonds is 2. The molecule has 0 fully saturated rings. The largest absolute Gasteiger partial charge is 0.385 e. The Morgan fingerprint density at radius 2 is 1.81 bits per heavy atom. The van der Waals surface area contributed by atoms with E-state index in [4.69, 9.17) is 0 Å². The summed E-state index contributed by atoms with van der Waals surface area (Å²) in [5, 5.41) is 6.48. The van der Waals surface area contributed by atoms with Gasteiger partial charge in [0.1, 0.15) is 0 Å². The van der Waals surface area contributed by atoms with E-state index in [0.29, 0.717) is 0 Å². The van der Waals surface area contributed by atoms with Crippen molar-refractivity contribution in [3.8, 4) is 0 Å². The van der Waals surface area contributed by atoms with Crippen molar-refractivity contribution < 1.29 is 4.79 Å². The van der Waals surface area contributed by atoms with Gasteiger partial charge in [0.2, 0.25) is 5.91 Å². The molecule has 0 saturated carbocycles. The number of anilines is 2. The fourth-order valence-corrected chi connectivity index (χ4v) is 2.96. The molecule has 2 aromatic carbocycles. The Balaban J connectivity index is 1.87. The van der Waals surface area contributed by atoms with Crippen LogP contribution in [0.3, 0.4) is 0 Å². The quantitative estimate of drug-likeness (QED) is 0.877. The fourth-order valence-electron chi connectivity index (χ4n) is 2.96. The zero-order valence-corrected chi connectivity index (χ0v) is 12.4. The Bertz CT molecular complexity index is 658. The van der Waals surface area contributed by atoms with Gasteiger partial charge in [-0.15, -0.1) is 0 Å². The lowest BCUT2D eigenvalue weighted by Crippen LogP contribution is -2.28. The first-order valence-electron chi connectivity index (χ1n) is 7.36. The van der Waals surface area contributed by atoms with Gasteiger partial charge in [-0.05, 0) is 43.0 Å². The molecule has 108 valence electrons. The Morgan fingerprint density at radius 1 is 1.10 bits per heavy atom. The van der Waals surface area contributed by atoms with Crippen LogP contribution in [0, 0.1) is 13.8 Å². The fraction of sp³-hybridized carbons (Fsp3) is 0.278. The van der Waals surface area contributed by atoms with Crippen molar-refractivity contribution in [3.63, 3.8) is 0 Å². The van der Waals surface area contributed by atoms with Crippen LogP contribution in [0.25, 0.3) is 0 Å². The van der Waals surface area contributed by atoms with E-state index in [9.17, 15) is 4.79 Å². The van der Waals surface area contributed by atoms with Gasteiger partial charge in [0.15, 0.2) is 0 Å². The zero-order valence-electron chi connectivity index (χ0n) is 12.4. The number of amides is 1. The minimum absolute atomic E-state index is 0.0820. The highest BCUT2D eigenvalue weighted by Crippen LogP contribution is 2.32. The summed E-state index contributed by atoms with van der Waals surface area (Å²) in [4.78, 5) is 12.7. The molecular formula is C18H20N2O. The number of benzene rings is 2. The topological polar surface area (TPSA) is 41.1 Å². The first-order valence-corrected chi connectivity index (χ1v) is 7.36. The van der Waals surface area contributed by atoms with E-state index in [1.165, 1.54) is 0 Å². The number of fused-ring (bicyclic) bond motifs is 1. The van der Waals surface area contributed by atoms with Crippen LogP contribution in [0.15, 0.2) is 42.5 Å². The van der Waals surface area contributed by atoms with E-state index < -0.39 is 0 Å². The van der Waals surface area contributed by atoms with Gasteiger partial charge in [-0.2, -0.15) is 0 Å². The Kier molecular flexibility index (Phi) is 3.65. The Labute approximate surface area is 125 Å². The molecule has 0 aromatic heterocycles. The number of aryl methyl sites for hydroxylation is 2. The molecule has 1 heterocycles. The zero-order chi connectivity index (χ0) is 14.8. The second-order valence-corrected chi connectivity index (χ2v) is 5.61. The molecule has 2 aromatic rings. The number of hydrogen-bond acceptors (Lipinski definition) is 2. The number of carbonyl (C=O) groups is 1. The molecule has 3 heteroatoms. The molecule has 0 radical (unpaired) electrons. The van der Waals surface area contributed by atoms with Crippen LogP contribution in [0.2, 0.25) is 0 Å². The van der Waals surface area contributed by atoms with E-state index >= 15 is 0 Å². The molecule has 21 heavy (non-hydrogen) atoms. The lowest BCUT2D eigenvalue weighted by Gasteiger charge is -2.26. The van der Waals surface area contributed by atoms with Gasteiger partial charge in [-0.3, -0.25) is 4.79 Å². The monoisotopic (exact) mass is 280 g/mol. The normalized spacial score (nSPS) is 16.8. The molecular weight excluding hydrogens is 260 g/mol. The summed E-state index contributed by atoms with van der Waals surface area (Å²) in [5.41, 5.74) is 5.31. The molecule has 1 aliphatic heterocycles. The van der Waals surface area contributed by atoms with E-state index in [-0.39, 0.29) is 11.8 Å². The van der Waals surface area contributed by atoms with Crippen LogP contribution in [-0.2, 0) is 4.79 Å². The molecule has 1 amide bonds. The highest BCUT2D eigenvalue weighted by Gasteiger charge is 2.26. The van der Waals surface area contributed by atoms with Crippen molar-refractivity contribution in [1.29, 1.82) is 0 Å². The first kappa shape index (κ1) is 13.7. The predicted octanol–water partition coefficient (Wildman–Crippen LogP) is 3.84. The van der Waals surface area contributed by atoms with Crippen molar-refractivity contribution in [2.45, 2.75) is 26.2 Å². The SMILES string of the molecule is Cc1cccc(C)c1NC(=O)C1CCNc2ccccc21. The highest BCUT2D eigenvalue weighted by molar-refractivity contribution is 5.98. The summed E-state index contributed by atoms with van der Waals surface area (Å²) in [7, 11) is 0. The summed E-state index contributed by atoms with van der Waals surface area (Å²) < 4.78 is 0. The number of para-hydroxylation sites is 2. The van der Waals surface area contributed by atoms with E-state index in [1.807, 2.05) is 56.3 Å². The van der Waals surface area contributed by atoms with Crippen molar-refractivity contribution in [2.24, 2.45) is 0 Å². The van der Waals surface area contributed by atoms with Crippen LogP contribution < -0.4 is 10.6 Å². The molecule has 1 atom stereocenters. The average Bonchev–Trinajstić information content (AvgIpc) is 2.50. The molecule has 0 saturated heterocycles. The molecule has 0 aliphatic carbocycles. The smallest absolute Gasteiger partial charge is 0.232 e. The van der Waals surface area contributed by atoms with Gasteiger partial charge < -0.3 is 10.6 Å². The van der Waals surface area contributed by atoms with E-state index in [2.05, 4.69) is 10.6 Å². The lowest BCUT2D eigenvalue weighted by molar-refractivity contribution is -0.117. The van der Waals surface area contributed by atoms with Gasteiger partial charge in [-0.1, -0.05) is 36.4 Å². The molecule has 2 N–H and O–H groups in total. The lowest BCUT2D eigenvalue weighted by atomic mass is 9.90. The van der Waals surface area contributed by atoms with Crippen LogP contribution in [0.1, 0.15) is 29.0 Å². The molecule has 3 nitrogen and oxygen atoms in total. The van der Waals surface area contributed by atoms with E-state index in [1.54, 1.807) is 0 Å². The third-order valence-electron chi connectivity index (χ3n) is 4.13. The summed E-state index contributed by atoms with van der Waals surface area (Å²) >= 11 is 0. The molecule has 0 bridgehead atoms. The maximum Gasteiger partial charge on any atom is 0.232 e. The van der Waals surface area contributed by atoms with Crippen LogP contribution in [0.5, 0.6) is 0 Å². The summed E-state index contributed by atoms with van der Waals surface area (Å²) in [6.45, 7) is 4.89. The van der Waals surface area contributed by atoms with Crippen molar-refractivity contribution in [2.75, 3.05) is 17.2 Å². The standard InChI is InChI=1S/C18H20N2O/c1-12-6-5-7-13(2)17(12)20-18(21)15-10-11-19-16-9-4-3-8-14(15)16/h3-9,15,19H,10-11H2,1-2H3,(H,20,21). The second kappa shape index (κ2) is 5.60. The average molecular weight is 280 g/mol.